The van der Waals surface area contributed by atoms with Crippen molar-refractivity contribution in [3.05, 3.63) is 27.7 Å². The number of likely N-dealkylation sites (tertiary alicyclic amines) is 1. The maximum atomic E-state index is 12.0. The van der Waals surface area contributed by atoms with E-state index in [1.54, 1.807) is 23.1 Å². The molecule has 1 saturated heterocycles. The number of nitrogens with zero attached hydrogens (tertiary/aromatic N) is 1. The van der Waals surface area contributed by atoms with Crippen LogP contribution in [-0.2, 0) is 4.79 Å². The molecular weight excluding hydrogens is 346 g/mol. The third kappa shape index (κ3) is 4.11. The molecule has 1 aliphatic heterocycles. The maximum absolute atomic E-state index is 12.0. The van der Waals surface area contributed by atoms with E-state index in [0.29, 0.717) is 23.2 Å². The first-order valence-electron chi connectivity index (χ1n) is 6.56. The van der Waals surface area contributed by atoms with Crippen molar-refractivity contribution in [2.24, 2.45) is 5.92 Å². The van der Waals surface area contributed by atoms with Gasteiger partial charge in [0.25, 0.3) is 5.91 Å². The van der Waals surface area contributed by atoms with Crippen LogP contribution in [0.15, 0.2) is 22.7 Å². The summed E-state index contributed by atoms with van der Waals surface area (Å²) < 4.78 is 6.25. The molecule has 20 heavy (non-hydrogen) atoms. The van der Waals surface area contributed by atoms with Crippen LogP contribution in [0.1, 0.15) is 12.8 Å². The minimum atomic E-state index is -0.0210. The molecule has 110 valence electrons. The Morgan fingerprint density at radius 3 is 3.05 bits per heavy atom. The largest absolute Gasteiger partial charge is 0.483 e. The van der Waals surface area contributed by atoms with E-state index in [1.807, 2.05) is 0 Å². The number of ether oxygens (including phenoxy) is 1. The van der Waals surface area contributed by atoms with E-state index in [9.17, 15) is 4.79 Å². The molecule has 0 aliphatic carbocycles. The second-order valence-electron chi connectivity index (χ2n) is 4.87. The fourth-order valence-electron chi connectivity index (χ4n) is 2.30. The van der Waals surface area contributed by atoms with E-state index in [-0.39, 0.29) is 19.1 Å². The lowest BCUT2D eigenvalue weighted by molar-refractivity contribution is -0.132. The first-order valence-corrected chi connectivity index (χ1v) is 7.73. The summed E-state index contributed by atoms with van der Waals surface area (Å²) in [6.45, 7) is 1.66. The van der Waals surface area contributed by atoms with Gasteiger partial charge in [-0.3, -0.25) is 4.79 Å². The summed E-state index contributed by atoms with van der Waals surface area (Å²) >= 11 is 9.20. The molecule has 1 heterocycles. The molecule has 1 N–H and O–H groups in total. The second-order valence-corrected chi connectivity index (χ2v) is 6.16. The molecule has 0 radical (unpaired) electrons. The zero-order chi connectivity index (χ0) is 14.5. The molecule has 0 spiro atoms. The van der Waals surface area contributed by atoms with Crippen molar-refractivity contribution in [2.45, 2.75) is 12.8 Å². The Balaban J connectivity index is 1.83. The molecule has 1 aromatic carbocycles. The van der Waals surface area contributed by atoms with Gasteiger partial charge in [-0.05, 0) is 52.9 Å². The Hall–Kier alpha value is -0.780. The molecule has 1 aliphatic rings. The van der Waals surface area contributed by atoms with Gasteiger partial charge in [-0.25, -0.2) is 0 Å². The molecule has 6 heteroatoms. The third-order valence-electron chi connectivity index (χ3n) is 3.42. The Morgan fingerprint density at radius 2 is 2.35 bits per heavy atom. The quantitative estimate of drug-likeness (QED) is 0.876. The molecule has 1 fully saturated rings. The number of carbonyl (C=O) groups excluding carboxylic acids is 1. The molecule has 1 amide bonds. The van der Waals surface area contributed by atoms with Crippen molar-refractivity contribution in [2.75, 3.05) is 26.3 Å². The highest BCUT2D eigenvalue weighted by molar-refractivity contribution is 9.10. The van der Waals surface area contributed by atoms with E-state index in [1.165, 1.54) is 0 Å². The lowest BCUT2D eigenvalue weighted by atomic mass is 10.1. The van der Waals surface area contributed by atoms with E-state index in [0.717, 1.165) is 23.9 Å². The van der Waals surface area contributed by atoms with Crippen LogP contribution >= 0.6 is 27.5 Å². The number of halogens is 2. The molecule has 1 atom stereocenters. The van der Waals surface area contributed by atoms with Crippen LogP contribution in [0.25, 0.3) is 0 Å². The Bertz CT molecular complexity index is 483. The highest BCUT2D eigenvalue weighted by Crippen LogP contribution is 2.28. The normalized spacial score (nSPS) is 18.4. The standard InChI is InChI=1S/C14H17BrClNO3/c15-12-7-11(16)1-2-13(12)20-9-14(19)17-5-3-10(8-17)4-6-18/h1-2,7,10,18H,3-6,8-9H2. The molecule has 0 bridgehead atoms. The van der Waals surface area contributed by atoms with E-state index < -0.39 is 0 Å². The zero-order valence-electron chi connectivity index (χ0n) is 11.0. The van der Waals surface area contributed by atoms with Gasteiger partial charge in [-0.1, -0.05) is 11.6 Å². The van der Waals surface area contributed by atoms with Gasteiger partial charge in [0.2, 0.25) is 0 Å². The minimum Gasteiger partial charge on any atom is -0.483 e. The van der Waals surface area contributed by atoms with Gasteiger partial charge in [0, 0.05) is 24.7 Å². The number of hydrogen-bond acceptors (Lipinski definition) is 3. The maximum Gasteiger partial charge on any atom is 0.260 e. The van der Waals surface area contributed by atoms with Gasteiger partial charge in [-0.2, -0.15) is 0 Å². The zero-order valence-corrected chi connectivity index (χ0v) is 13.4. The smallest absolute Gasteiger partial charge is 0.260 e. The first kappa shape index (κ1) is 15.6. The summed E-state index contributed by atoms with van der Waals surface area (Å²) in [5, 5.41) is 9.53. The van der Waals surface area contributed by atoms with Gasteiger partial charge in [0.1, 0.15) is 5.75 Å². The van der Waals surface area contributed by atoms with Crippen molar-refractivity contribution in [1.29, 1.82) is 0 Å². The summed E-state index contributed by atoms with van der Waals surface area (Å²) in [7, 11) is 0. The average molecular weight is 363 g/mol. The van der Waals surface area contributed by atoms with E-state index >= 15 is 0 Å². The van der Waals surface area contributed by atoms with Gasteiger partial charge in [-0.15, -0.1) is 0 Å². The number of aliphatic hydroxyl groups excluding tert-OH is 1. The van der Waals surface area contributed by atoms with Gasteiger partial charge in [0.15, 0.2) is 6.61 Å². The fraction of sp³-hybridized carbons (Fsp3) is 0.500. The van der Waals surface area contributed by atoms with Crippen LogP contribution in [0.3, 0.4) is 0 Å². The Labute approximate surface area is 131 Å². The van der Waals surface area contributed by atoms with Crippen LogP contribution in [0.2, 0.25) is 5.02 Å². The van der Waals surface area contributed by atoms with E-state index in [4.69, 9.17) is 21.4 Å². The van der Waals surface area contributed by atoms with Crippen LogP contribution in [0, 0.1) is 5.92 Å². The number of hydrogen-bond donors (Lipinski definition) is 1. The molecule has 4 nitrogen and oxygen atoms in total. The van der Waals surface area contributed by atoms with Crippen molar-refractivity contribution in [3.63, 3.8) is 0 Å². The average Bonchev–Trinajstić information content (AvgIpc) is 2.86. The number of amides is 1. The predicted octanol–water partition coefficient (Wildman–Crippen LogP) is 2.71. The first-order chi connectivity index (χ1) is 9.60. The van der Waals surface area contributed by atoms with Crippen LogP contribution in [0.5, 0.6) is 5.75 Å². The van der Waals surface area contributed by atoms with Gasteiger partial charge in [0.05, 0.1) is 4.47 Å². The SMILES string of the molecule is O=C(COc1ccc(Cl)cc1Br)N1CCC(CCO)C1. The number of carbonyl (C=O) groups is 1. The fourth-order valence-corrected chi connectivity index (χ4v) is 3.10. The summed E-state index contributed by atoms with van der Waals surface area (Å²) in [6, 6.07) is 5.19. The lowest BCUT2D eigenvalue weighted by Gasteiger charge is -2.17. The molecule has 2 rings (SSSR count). The predicted molar refractivity (Wildman–Crippen MR) is 81.0 cm³/mol. The van der Waals surface area contributed by atoms with Crippen LogP contribution < -0.4 is 4.74 Å². The minimum absolute atomic E-state index is 0.0199. The molecule has 1 unspecified atom stereocenters. The van der Waals surface area contributed by atoms with Crippen molar-refractivity contribution >= 4 is 33.4 Å². The second kappa shape index (κ2) is 7.29. The molecule has 1 aromatic rings. The third-order valence-corrected chi connectivity index (χ3v) is 4.28. The highest BCUT2D eigenvalue weighted by Gasteiger charge is 2.25. The summed E-state index contributed by atoms with van der Waals surface area (Å²) in [5.74, 6) is 0.993. The topological polar surface area (TPSA) is 49.8 Å². The summed E-state index contributed by atoms with van der Waals surface area (Å²) in [4.78, 5) is 13.8. The Morgan fingerprint density at radius 1 is 1.55 bits per heavy atom. The monoisotopic (exact) mass is 361 g/mol. The number of aliphatic hydroxyl groups is 1. The molecule has 0 saturated carbocycles. The van der Waals surface area contributed by atoms with Crippen molar-refractivity contribution < 1.29 is 14.6 Å². The Kier molecular flexibility index (Phi) is 5.69. The molecular formula is C14H17BrClNO3. The molecule has 0 aromatic heterocycles. The summed E-state index contributed by atoms with van der Waals surface area (Å²) in [6.07, 6.45) is 1.71. The van der Waals surface area contributed by atoms with Crippen LogP contribution in [0.4, 0.5) is 0 Å². The highest BCUT2D eigenvalue weighted by atomic mass is 79.9. The van der Waals surface area contributed by atoms with Gasteiger partial charge >= 0.3 is 0 Å². The number of rotatable bonds is 5. The van der Waals surface area contributed by atoms with Crippen LogP contribution in [-0.4, -0.2) is 42.2 Å². The van der Waals surface area contributed by atoms with Gasteiger partial charge < -0.3 is 14.7 Å². The number of benzene rings is 1. The van der Waals surface area contributed by atoms with Crippen molar-refractivity contribution in [3.8, 4) is 5.75 Å². The van der Waals surface area contributed by atoms with E-state index in [2.05, 4.69) is 15.9 Å². The summed E-state index contributed by atoms with van der Waals surface area (Å²) in [5.41, 5.74) is 0. The lowest BCUT2D eigenvalue weighted by Crippen LogP contribution is -2.33. The van der Waals surface area contributed by atoms with Crippen molar-refractivity contribution in [1.82, 2.24) is 4.90 Å².